The van der Waals surface area contributed by atoms with Crippen LogP contribution in [0.3, 0.4) is 0 Å². The molecule has 4 aromatic carbocycles. The van der Waals surface area contributed by atoms with E-state index in [0.717, 1.165) is 68.5 Å². The number of benzene rings is 4. The summed E-state index contributed by atoms with van der Waals surface area (Å²) in [6.45, 7) is 8.14. The molecule has 0 fully saturated rings. The van der Waals surface area contributed by atoms with Gasteiger partial charge in [-0.3, -0.25) is 4.55 Å². The Morgan fingerprint density at radius 1 is 0.956 bits per heavy atom. The molecule has 0 bridgehead atoms. The molecule has 1 aromatic heterocycles. The lowest BCUT2D eigenvalue weighted by molar-refractivity contribution is -0.665. The standard InChI is InChI=1S/C36H31ClN2O3S3/c1-4-38-30-16-9-25-20-22(3)6-14-28(25)35(30)43-32(38)18-11-23-7-8-24(34(23)37)12-19-33-39(5-2)31-17-10-26-21-27(45(40,41)42)13-15-29(26)36(31)44-33/h6,9-21H,4-5,7-8H2,1-3H3/p+1. The van der Waals surface area contributed by atoms with Gasteiger partial charge in [-0.15, -0.1) is 0 Å². The van der Waals surface area contributed by atoms with Crippen LogP contribution >= 0.6 is 34.7 Å². The van der Waals surface area contributed by atoms with Gasteiger partial charge in [-0.1, -0.05) is 82.7 Å². The Hall–Kier alpha value is -3.40. The first-order chi connectivity index (χ1) is 21.7. The molecule has 0 saturated carbocycles. The van der Waals surface area contributed by atoms with Gasteiger partial charge in [0, 0.05) is 34.0 Å². The van der Waals surface area contributed by atoms with Gasteiger partial charge in [-0.25, -0.2) is 0 Å². The molecule has 1 N–H and O–H groups in total. The van der Waals surface area contributed by atoms with E-state index in [9.17, 15) is 13.0 Å². The second-order valence-corrected chi connectivity index (χ2v) is 15.2. The van der Waals surface area contributed by atoms with Crippen LogP contribution in [0.15, 0.2) is 110 Å². The molecule has 0 saturated heterocycles. The van der Waals surface area contributed by atoms with Gasteiger partial charge in [-0.05, 0) is 91.3 Å². The fourth-order valence-corrected chi connectivity index (χ4v) is 9.64. The van der Waals surface area contributed by atoms with Crippen molar-refractivity contribution in [3.8, 4) is 0 Å². The van der Waals surface area contributed by atoms with Gasteiger partial charge in [0.2, 0.25) is 5.52 Å². The predicted molar refractivity (Wildman–Crippen MR) is 190 cm³/mol. The number of fused-ring (bicyclic) bond motifs is 6. The highest BCUT2D eigenvalue weighted by atomic mass is 35.5. The molecule has 9 heteroatoms. The zero-order valence-electron chi connectivity index (χ0n) is 25.2. The van der Waals surface area contributed by atoms with Gasteiger partial charge in [0.15, 0.2) is 0 Å². The Labute approximate surface area is 276 Å². The summed E-state index contributed by atoms with van der Waals surface area (Å²) in [7, 11) is -4.26. The number of aromatic nitrogens is 1. The molecule has 1 aliphatic carbocycles. The summed E-state index contributed by atoms with van der Waals surface area (Å²) < 4.78 is 36.5. The Morgan fingerprint density at radius 3 is 2.51 bits per heavy atom. The minimum absolute atomic E-state index is 0.0984. The van der Waals surface area contributed by atoms with Crippen molar-refractivity contribution in [1.29, 1.82) is 0 Å². The van der Waals surface area contributed by atoms with Crippen LogP contribution in [0.5, 0.6) is 0 Å². The van der Waals surface area contributed by atoms with Gasteiger partial charge < -0.3 is 4.90 Å². The third-order valence-electron chi connectivity index (χ3n) is 8.57. The molecule has 7 rings (SSSR count). The van der Waals surface area contributed by atoms with Crippen LogP contribution in [0.4, 0.5) is 5.69 Å². The lowest BCUT2D eigenvalue weighted by Gasteiger charge is -2.18. The van der Waals surface area contributed by atoms with Crippen LogP contribution in [-0.2, 0) is 16.7 Å². The molecule has 5 aromatic rings. The number of hydrogen-bond acceptors (Lipinski definition) is 5. The van der Waals surface area contributed by atoms with E-state index in [1.54, 1.807) is 17.8 Å². The fraction of sp³-hybridized carbons (Fsp3) is 0.194. The number of aryl methyl sites for hydroxylation is 2. The molecule has 0 unspecified atom stereocenters. The monoisotopic (exact) mass is 671 g/mol. The van der Waals surface area contributed by atoms with Crippen molar-refractivity contribution >= 4 is 88.3 Å². The number of allylic oxidation sites excluding steroid dienone is 6. The number of halogens is 1. The number of anilines is 1. The maximum atomic E-state index is 11.7. The Morgan fingerprint density at radius 2 is 1.73 bits per heavy atom. The van der Waals surface area contributed by atoms with E-state index >= 15 is 0 Å². The second kappa shape index (κ2) is 11.8. The van der Waals surface area contributed by atoms with E-state index in [-0.39, 0.29) is 4.90 Å². The third kappa shape index (κ3) is 5.42. The van der Waals surface area contributed by atoms with E-state index in [4.69, 9.17) is 11.6 Å². The Kier molecular flexibility index (Phi) is 7.90. The van der Waals surface area contributed by atoms with Gasteiger partial charge in [-0.2, -0.15) is 13.0 Å². The maximum absolute atomic E-state index is 11.7. The zero-order chi connectivity index (χ0) is 31.5. The lowest BCUT2D eigenvalue weighted by atomic mass is 10.1. The van der Waals surface area contributed by atoms with Crippen molar-refractivity contribution < 1.29 is 17.5 Å². The summed E-state index contributed by atoms with van der Waals surface area (Å²) in [6, 6.07) is 19.8. The number of hydrogen-bond donors (Lipinski definition) is 1. The molecule has 0 spiro atoms. The molecule has 228 valence electrons. The van der Waals surface area contributed by atoms with E-state index in [1.165, 1.54) is 43.7 Å². The molecule has 45 heavy (non-hydrogen) atoms. The van der Waals surface area contributed by atoms with Gasteiger partial charge in [0.1, 0.15) is 11.2 Å². The molecule has 0 radical (unpaired) electrons. The van der Waals surface area contributed by atoms with E-state index < -0.39 is 10.1 Å². The quantitative estimate of drug-likeness (QED) is 0.144. The van der Waals surface area contributed by atoms with E-state index in [0.29, 0.717) is 0 Å². The smallest absolute Gasteiger partial charge is 0.294 e. The van der Waals surface area contributed by atoms with Crippen LogP contribution in [0.25, 0.3) is 37.8 Å². The van der Waals surface area contributed by atoms with Crippen molar-refractivity contribution in [2.45, 2.75) is 49.9 Å². The molecule has 2 heterocycles. The van der Waals surface area contributed by atoms with Crippen molar-refractivity contribution in [1.82, 2.24) is 0 Å². The second-order valence-electron chi connectivity index (χ2n) is 11.3. The number of nitrogens with zero attached hydrogens (tertiary/aromatic N) is 2. The number of thiazole rings is 1. The Bertz CT molecular complexity index is 2280. The fourth-order valence-electron chi connectivity index (χ4n) is 6.29. The highest BCUT2D eigenvalue weighted by Crippen LogP contribution is 2.50. The normalized spacial score (nSPS) is 17.4. The summed E-state index contributed by atoms with van der Waals surface area (Å²) in [6.07, 6.45) is 10.5. The molecule has 2 aliphatic rings. The highest BCUT2D eigenvalue weighted by Gasteiger charge is 2.27. The van der Waals surface area contributed by atoms with Crippen LogP contribution in [0.2, 0.25) is 0 Å². The average Bonchev–Trinajstić information content (AvgIpc) is 3.69. The average molecular weight is 672 g/mol. The molecule has 0 atom stereocenters. The van der Waals surface area contributed by atoms with Crippen molar-refractivity contribution in [3.63, 3.8) is 0 Å². The number of thioether (sulfide) groups is 1. The summed E-state index contributed by atoms with van der Waals surface area (Å²) in [5, 5.41) is 7.43. The molecule has 0 amide bonds. The maximum Gasteiger partial charge on any atom is 0.294 e. The minimum atomic E-state index is -4.26. The van der Waals surface area contributed by atoms with Crippen LogP contribution in [0, 0.1) is 6.92 Å². The summed E-state index contributed by atoms with van der Waals surface area (Å²) in [5.74, 6) is 0. The van der Waals surface area contributed by atoms with Crippen molar-refractivity contribution in [3.05, 3.63) is 111 Å². The van der Waals surface area contributed by atoms with Crippen LogP contribution < -0.4 is 9.47 Å². The summed E-state index contributed by atoms with van der Waals surface area (Å²) in [5.41, 5.74) is 5.90. The van der Waals surface area contributed by atoms with Crippen LogP contribution in [0.1, 0.15) is 37.3 Å². The van der Waals surface area contributed by atoms with Gasteiger partial charge >= 0.3 is 0 Å². The molecule has 5 nitrogen and oxygen atoms in total. The molecule has 1 aliphatic heterocycles. The third-order valence-corrected chi connectivity index (χ3v) is 12.3. The zero-order valence-corrected chi connectivity index (χ0v) is 28.4. The van der Waals surface area contributed by atoms with Crippen molar-refractivity contribution in [2.24, 2.45) is 0 Å². The first-order valence-electron chi connectivity index (χ1n) is 15.0. The molecular formula is C36H32ClN2O3S3+. The highest BCUT2D eigenvalue weighted by molar-refractivity contribution is 8.04. The largest absolute Gasteiger partial charge is 0.335 e. The van der Waals surface area contributed by atoms with Crippen molar-refractivity contribution in [2.75, 3.05) is 11.4 Å². The topological polar surface area (TPSA) is 61.5 Å². The van der Waals surface area contributed by atoms with Gasteiger partial charge in [0.25, 0.3) is 15.1 Å². The predicted octanol–water partition coefficient (Wildman–Crippen LogP) is 9.77. The van der Waals surface area contributed by atoms with E-state index in [1.807, 2.05) is 23.5 Å². The molecular weight excluding hydrogens is 640 g/mol. The SMILES string of the molecule is CCN1C(=CC=C2CCC(C=Cc3sc4c5ccc(C)cc5ccc4[n+]3CC)=C2Cl)Sc2c1ccc1cc(S(=O)(=O)O)ccc21. The summed E-state index contributed by atoms with van der Waals surface area (Å²) in [4.78, 5) is 3.24. The van der Waals surface area contributed by atoms with Crippen LogP contribution in [-0.4, -0.2) is 19.5 Å². The lowest BCUT2D eigenvalue weighted by Crippen LogP contribution is -2.33. The number of rotatable bonds is 6. The summed E-state index contributed by atoms with van der Waals surface area (Å²) >= 11 is 10.5. The minimum Gasteiger partial charge on any atom is -0.335 e. The first kappa shape index (κ1) is 30.3. The van der Waals surface area contributed by atoms with Gasteiger partial charge in [0.05, 0.1) is 15.6 Å². The first-order valence-corrected chi connectivity index (χ1v) is 18.4. The Balaban J connectivity index is 1.17. The van der Waals surface area contributed by atoms with E-state index in [2.05, 4.69) is 84.9 Å².